The number of aryl methyl sites for hydroxylation is 1. The minimum Gasteiger partial charge on any atom is -0.385 e. The number of fused-ring (bicyclic) bond motifs is 1. The zero-order chi connectivity index (χ0) is 21.0. The normalized spacial score (nSPS) is 15.7. The van der Waals surface area contributed by atoms with Crippen molar-refractivity contribution in [3.63, 3.8) is 0 Å². The lowest BCUT2D eigenvalue weighted by atomic mass is 10.2. The van der Waals surface area contributed by atoms with Crippen molar-refractivity contribution < 1.29 is 17.9 Å². The number of methoxy groups -OCH3 is 1. The molecular weight excluding hydrogens is 416 g/mol. The Hall–Kier alpha value is -1.82. The number of nitrogens with one attached hydrogen (secondary N) is 1. The standard InChI is InChI=1S/C18H26N4O5S2/c1-13-16(29(25,26)22-8-4-3-5-9-22)15-17(28-13)20-12-21(18(15)24)11-14(23)19-7-6-10-27-2/h12H,3-11H2,1-2H3,(H,19,23). The third-order valence-electron chi connectivity index (χ3n) is 4.87. The maximum Gasteiger partial charge on any atom is 0.263 e. The predicted octanol–water partition coefficient (Wildman–Crippen LogP) is 1.09. The van der Waals surface area contributed by atoms with E-state index in [-0.39, 0.29) is 22.7 Å². The first-order chi connectivity index (χ1) is 13.9. The molecule has 0 spiro atoms. The van der Waals surface area contributed by atoms with Crippen molar-refractivity contribution in [2.45, 2.75) is 44.0 Å². The smallest absolute Gasteiger partial charge is 0.263 e. The van der Waals surface area contributed by atoms with Crippen molar-refractivity contribution >= 4 is 37.5 Å². The average Bonchev–Trinajstić information content (AvgIpc) is 3.06. The molecule has 1 aliphatic rings. The van der Waals surface area contributed by atoms with E-state index in [9.17, 15) is 18.0 Å². The summed E-state index contributed by atoms with van der Waals surface area (Å²) in [6.07, 6.45) is 4.59. The van der Waals surface area contributed by atoms with E-state index in [1.165, 1.54) is 22.0 Å². The van der Waals surface area contributed by atoms with Gasteiger partial charge in [-0.05, 0) is 26.2 Å². The van der Waals surface area contributed by atoms with E-state index in [4.69, 9.17) is 4.74 Å². The second kappa shape index (κ2) is 9.33. The van der Waals surface area contributed by atoms with Crippen LogP contribution in [0.1, 0.15) is 30.6 Å². The fourth-order valence-corrected chi connectivity index (χ4v) is 6.61. The first kappa shape index (κ1) is 21.9. The highest BCUT2D eigenvalue weighted by molar-refractivity contribution is 7.89. The van der Waals surface area contributed by atoms with Crippen molar-refractivity contribution in [3.05, 3.63) is 21.6 Å². The predicted molar refractivity (Wildman–Crippen MR) is 111 cm³/mol. The molecule has 160 valence electrons. The number of piperidine rings is 1. The first-order valence-electron chi connectivity index (χ1n) is 9.60. The molecule has 0 aliphatic carbocycles. The van der Waals surface area contributed by atoms with E-state index in [0.29, 0.717) is 42.4 Å². The van der Waals surface area contributed by atoms with E-state index in [1.807, 2.05) is 0 Å². The molecule has 0 unspecified atom stereocenters. The Morgan fingerprint density at radius 3 is 2.72 bits per heavy atom. The molecule has 1 N–H and O–H groups in total. The molecule has 0 bridgehead atoms. The zero-order valence-corrected chi connectivity index (χ0v) is 18.3. The molecule has 3 heterocycles. The van der Waals surface area contributed by atoms with E-state index < -0.39 is 15.6 Å². The molecule has 29 heavy (non-hydrogen) atoms. The summed E-state index contributed by atoms with van der Waals surface area (Å²) in [5.74, 6) is -0.336. The molecule has 11 heteroatoms. The topological polar surface area (TPSA) is 111 Å². The molecule has 0 atom stereocenters. The Balaban J connectivity index is 1.92. The number of aromatic nitrogens is 2. The largest absolute Gasteiger partial charge is 0.385 e. The lowest BCUT2D eigenvalue weighted by Gasteiger charge is -2.25. The van der Waals surface area contributed by atoms with Crippen molar-refractivity contribution in [1.29, 1.82) is 0 Å². The van der Waals surface area contributed by atoms with Crippen LogP contribution in [-0.4, -0.2) is 61.5 Å². The monoisotopic (exact) mass is 442 g/mol. The Labute approximate surface area is 173 Å². The van der Waals surface area contributed by atoms with Crippen LogP contribution in [0.4, 0.5) is 0 Å². The van der Waals surface area contributed by atoms with Gasteiger partial charge in [-0.15, -0.1) is 11.3 Å². The van der Waals surface area contributed by atoms with Crippen molar-refractivity contribution in [3.8, 4) is 0 Å². The zero-order valence-electron chi connectivity index (χ0n) is 16.6. The van der Waals surface area contributed by atoms with Gasteiger partial charge >= 0.3 is 0 Å². The summed E-state index contributed by atoms with van der Waals surface area (Å²) in [6, 6.07) is 0. The van der Waals surface area contributed by atoms with Crippen molar-refractivity contribution in [1.82, 2.24) is 19.2 Å². The Bertz CT molecular complexity index is 1040. The summed E-state index contributed by atoms with van der Waals surface area (Å²) in [5, 5.41) is 2.79. The summed E-state index contributed by atoms with van der Waals surface area (Å²) in [6.45, 7) is 3.35. The number of nitrogens with zero attached hydrogens (tertiary/aromatic N) is 3. The molecule has 0 saturated carbocycles. The number of carbonyl (C=O) groups excluding carboxylic acids is 1. The van der Waals surface area contributed by atoms with Crippen LogP contribution in [0.25, 0.3) is 10.2 Å². The lowest BCUT2D eigenvalue weighted by Crippen LogP contribution is -2.37. The van der Waals surface area contributed by atoms with Crippen LogP contribution >= 0.6 is 11.3 Å². The van der Waals surface area contributed by atoms with Gasteiger partial charge in [-0.25, -0.2) is 13.4 Å². The number of ether oxygens (including phenoxy) is 1. The molecule has 2 aromatic rings. The number of thiophene rings is 1. The third-order valence-corrected chi connectivity index (χ3v) is 8.09. The molecule has 0 radical (unpaired) electrons. The molecule has 1 aliphatic heterocycles. The number of carbonyl (C=O) groups is 1. The van der Waals surface area contributed by atoms with Gasteiger partial charge in [0.15, 0.2) is 0 Å². The molecular formula is C18H26N4O5S2. The van der Waals surface area contributed by atoms with Gasteiger partial charge in [0.05, 0.1) is 11.7 Å². The maximum absolute atomic E-state index is 13.2. The second-order valence-electron chi connectivity index (χ2n) is 7.01. The van der Waals surface area contributed by atoms with Gasteiger partial charge in [-0.3, -0.25) is 14.2 Å². The highest BCUT2D eigenvalue weighted by Crippen LogP contribution is 2.33. The number of amides is 1. The van der Waals surface area contributed by atoms with Gasteiger partial charge in [-0.2, -0.15) is 4.31 Å². The molecule has 1 amide bonds. The first-order valence-corrected chi connectivity index (χ1v) is 11.9. The van der Waals surface area contributed by atoms with Gasteiger partial charge in [-0.1, -0.05) is 6.42 Å². The number of hydrogen-bond acceptors (Lipinski definition) is 7. The summed E-state index contributed by atoms with van der Waals surface area (Å²) in [7, 11) is -2.20. The van der Waals surface area contributed by atoms with Gasteiger partial charge in [0, 0.05) is 38.2 Å². The number of sulfonamides is 1. The second-order valence-corrected chi connectivity index (χ2v) is 10.1. The van der Waals surface area contributed by atoms with Gasteiger partial charge in [0.1, 0.15) is 16.3 Å². The van der Waals surface area contributed by atoms with Crippen LogP contribution in [0, 0.1) is 6.92 Å². The van der Waals surface area contributed by atoms with Crippen molar-refractivity contribution in [2.75, 3.05) is 33.4 Å². The van der Waals surface area contributed by atoms with E-state index in [1.54, 1.807) is 14.0 Å². The highest BCUT2D eigenvalue weighted by atomic mass is 32.2. The Morgan fingerprint density at radius 1 is 1.31 bits per heavy atom. The van der Waals surface area contributed by atoms with Gasteiger partial charge < -0.3 is 10.1 Å². The number of hydrogen-bond donors (Lipinski definition) is 1. The van der Waals surface area contributed by atoms with E-state index >= 15 is 0 Å². The van der Waals surface area contributed by atoms with Crippen LogP contribution < -0.4 is 10.9 Å². The summed E-state index contributed by atoms with van der Waals surface area (Å²) in [4.78, 5) is 30.4. The molecule has 2 aromatic heterocycles. The van der Waals surface area contributed by atoms with Gasteiger partial charge in [0.25, 0.3) is 5.56 Å². The van der Waals surface area contributed by atoms with E-state index in [2.05, 4.69) is 10.3 Å². The molecule has 3 rings (SSSR count). The average molecular weight is 443 g/mol. The fraction of sp³-hybridized carbons (Fsp3) is 0.611. The summed E-state index contributed by atoms with van der Waals surface area (Å²) < 4.78 is 34.0. The maximum atomic E-state index is 13.2. The molecule has 0 aromatic carbocycles. The Kier molecular flexibility index (Phi) is 7.04. The van der Waals surface area contributed by atoms with Crippen LogP contribution in [0.15, 0.2) is 16.0 Å². The number of rotatable bonds is 8. The minimum absolute atomic E-state index is 0.0340. The summed E-state index contributed by atoms with van der Waals surface area (Å²) in [5.41, 5.74) is -0.512. The Morgan fingerprint density at radius 2 is 2.03 bits per heavy atom. The molecule has 9 nitrogen and oxygen atoms in total. The van der Waals surface area contributed by atoms with E-state index in [0.717, 1.165) is 23.8 Å². The fourth-order valence-electron chi connectivity index (χ4n) is 3.43. The third kappa shape index (κ3) is 4.68. The molecule has 1 fully saturated rings. The summed E-state index contributed by atoms with van der Waals surface area (Å²) >= 11 is 1.19. The van der Waals surface area contributed by atoms with Crippen molar-refractivity contribution in [2.24, 2.45) is 0 Å². The van der Waals surface area contributed by atoms with Crippen LogP contribution in [-0.2, 0) is 26.1 Å². The van der Waals surface area contributed by atoms with Crippen LogP contribution in [0.5, 0.6) is 0 Å². The minimum atomic E-state index is -3.79. The van der Waals surface area contributed by atoms with Crippen LogP contribution in [0.3, 0.4) is 0 Å². The lowest BCUT2D eigenvalue weighted by molar-refractivity contribution is -0.121. The van der Waals surface area contributed by atoms with Crippen LogP contribution in [0.2, 0.25) is 0 Å². The molecule has 1 saturated heterocycles. The highest BCUT2D eigenvalue weighted by Gasteiger charge is 2.32. The SMILES string of the molecule is COCCCNC(=O)Cn1cnc2sc(C)c(S(=O)(=O)N3CCCCC3)c2c1=O. The quantitative estimate of drug-likeness (QED) is 0.613. The van der Waals surface area contributed by atoms with Gasteiger partial charge in [0.2, 0.25) is 15.9 Å².